The van der Waals surface area contributed by atoms with Crippen LogP contribution in [0.2, 0.25) is 0 Å². The molecular weight excluding hydrogens is 364 g/mol. The van der Waals surface area contributed by atoms with E-state index < -0.39 is 0 Å². The Bertz CT molecular complexity index is 1310. The minimum absolute atomic E-state index is 0.939. The normalized spacial score (nSPS) is 11.6. The van der Waals surface area contributed by atoms with Crippen LogP contribution in [-0.4, -0.2) is 0 Å². The zero-order valence-electron chi connectivity index (χ0n) is 15.7. The van der Waals surface area contributed by atoms with Crippen LogP contribution < -0.4 is 0 Å². The van der Waals surface area contributed by atoms with Gasteiger partial charge in [0.05, 0.1) is 4.88 Å². The van der Waals surface area contributed by atoms with E-state index in [9.17, 15) is 0 Å². The zero-order chi connectivity index (χ0) is 19.0. The first-order valence-corrected chi connectivity index (χ1v) is 10.5. The maximum Gasteiger partial charge on any atom is 0.0785 e. The average Bonchev–Trinajstić information content (AvgIpc) is 3.23. The third kappa shape index (κ3) is 3.49. The van der Waals surface area contributed by atoms with Crippen molar-refractivity contribution >= 4 is 53.6 Å². The van der Waals surface area contributed by atoms with Crippen LogP contribution in [0.1, 0.15) is 23.6 Å². The van der Waals surface area contributed by atoms with Gasteiger partial charge in [-0.1, -0.05) is 48.3 Å². The van der Waals surface area contributed by atoms with Crippen molar-refractivity contribution in [3.63, 3.8) is 0 Å². The second kappa shape index (κ2) is 7.19. The molecule has 0 saturated carbocycles. The van der Waals surface area contributed by atoms with E-state index in [-0.39, 0.29) is 0 Å². The lowest BCUT2D eigenvalue weighted by molar-refractivity contribution is 1.39. The van der Waals surface area contributed by atoms with E-state index in [0.717, 1.165) is 10.5 Å². The summed E-state index contributed by atoms with van der Waals surface area (Å²) in [7, 11) is 0. The molecule has 0 amide bonds. The second-order valence-corrected chi connectivity index (χ2v) is 9.21. The molecule has 0 aliphatic heterocycles. The van der Waals surface area contributed by atoms with E-state index in [1.165, 1.54) is 41.4 Å². The summed E-state index contributed by atoms with van der Waals surface area (Å²) in [6.45, 7) is 10.2. The zero-order valence-corrected chi connectivity index (χ0v) is 17.4. The van der Waals surface area contributed by atoms with Crippen molar-refractivity contribution in [2.75, 3.05) is 0 Å². The highest BCUT2D eigenvalue weighted by atomic mass is 32.1. The van der Waals surface area contributed by atoms with Crippen LogP contribution in [0.5, 0.6) is 0 Å². The molecule has 27 heavy (non-hydrogen) atoms. The first-order chi connectivity index (χ1) is 13.0. The molecule has 0 unspecified atom stereocenters. The molecule has 0 fully saturated rings. The van der Waals surface area contributed by atoms with Gasteiger partial charge in [-0.2, -0.15) is 0 Å². The van der Waals surface area contributed by atoms with E-state index >= 15 is 0 Å². The summed E-state index contributed by atoms with van der Waals surface area (Å²) in [5.41, 5.74) is 2.19. The molecule has 0 bridgehead atoms. The fourth-order valence-corrected chi connectivity index (χ4v) is 5.06. The molecule has 0 aliphatic carbocycles. The van der Waals surface area contributed by atoms with Crippen molar-refractivity contribution in [1.82, 2.24) is 0 Å². The molecule has 2 aromatic carbocycles. The molecule has 0 aliphatic rings. The van der Waals surface area contributed by atoms with Gasteiger partial charge in [-0.25, -0.2) is 0 Å². The van der Waals surface area contributed by atoms with Gasteiger partial charge < -0.3 is 0 Å². The number of fused-ring (bicyclic) bond motifs is 5. The van der Waals surface area contributed by atoms with Gasteiger partial charge in [0, 0.05) is 30.6 Å². The quantitative estimate of drug-likeness (QED) is 0.242. The molecule has 0 atom stereocenters. The third-order valence-electron chi connectivity index (χ3n) is 4.46. The largest absolute Gasteiger partial charge is 0.141 e. The third-order valence-corrected chi connectivity index (χ3v) is 6.50. The predicted octanol–water partition coefficient (Wildman–Crippen LogP) is 8.01. The minimum atomic E-state index is 0.939. The Balaban J connectivity index is 1.83. The number of hydrogen-bond donors (Lipinski definition) is 0. The average molecular weight is 385 g/mol. The summed E-state index contributed by atoms with van der Waals surface area (Å²) in [5, 5.41) is 5.29. The highest BCUT2D eigenvalue weighted by Gasteiger charge is 2.09. The van der Waals surface area contributed by atoms with E-state index in [1.54, 1.807) is 11.3 Å². The SMILES string of the molecule is C=C/C(C#Cc1cc2c(ccc3c4cc(C)sc4ccc23)s1)=C\C=C(C)C. The summed E-state index contributed by atoms with van der Waals surface area (Å²) in [5.74, 6) is 6.56. The van der Waals surface area contributed by atoms with Crippen LogP contribution in [-0.2, 0) is 0 Å². The van der Waals surface area contributed by atoms with Gasteiger partial charge in [0.15, 0.2) is 0 Å². The van der Waals surface area contributed by atoms with Crippen molar-refractivity contribution in [1.29, 1.82) is 0 Å². The Morgan fingerprint density at radius 3 is 2.22 bits per heavy atom. The maximum atomic E-state index is 3.87. The fourth-order valence-electron chi connectivity index (χ4n) is 3.19. The Hall–Kier alpha value is -2.60. The number of aryl methyl sites for hydroxylation is 1. The lowest BCUT2D eigenvalue weighted by Gasteiger charge is -2.01. The molecule has 0 radical (unpaired) electrons. The number of rotatable bonds is 2. The van der Waals surface area contributed by atoms with Crippen LogP contribution in [0, 0.1) is 18.8 Å². The van der Waals surface area contributed by atoms with Crippen molar-refractivity contribution in [3.05, 3.63) is 82.1 Å². The second-order valence-electron chi connectivity index (χ2n) is 6.84. The van der Waals surface area contributed by atoms with Gasteiger partial charge in [0.1, 0.15) is 0 Å². The Kier molecular flexibility index (Phi) is 4.74. The van der Waals surface area contributed by atoms with E-state index in [0.29, 0.717) is 0 Å². The first kappa shape index (κ1) is 17.8. The van der Waals surface area contributed by atoms with Crippen LogP contribution >= 0.6 is 22.7 Å². The molecule has 132 valence electrons. The van der Waals surface area contributed by atoms with Gasteiger partial charge >= 0.3 is 0 Å². The molecule has 0 nitrogen and oxygen atoms in total. The highest BCUT2D eigenvalue weighted by Crippen LogP contribution is 2.37. The predicted molar refractivity (Wildman–Crippen MR) is 124 cm³/mol. The molecule has 4 aromatic rings. The Labute approximate surface area is 168 Å². The Morgan fingerprint density at radius 1 is 0.889 bits per heavy atom. The van der Waals surface area contributed by atoms with Crippen molar-refractivity contribution in [2.45, 2.75) is 20.8 Å². The first-order valence-electron chi connectivity index (χ1n) is 8.90. The number of thiophene rings is 2. The standard InChI is InChI=1S/C25H20S2/c1-5-18(7-6-16(2)3)8-9-19-15-23-21-10-12-24-22(14-17(4)26-24)20(21)11-13-25(23)27-19/h5-7,10-15H,1H2,2-4H3/b18-7+. The van der Waals surface area contributed by atoms with Gasteiger partial charge in [0.25, 0.3) is 0 Å². The van der Waals surface area contributed by atoms with E-state index in [1.807, 2.05) is 23.5 Å². The molecule has 2 heteroatoms. The van der Waals surface area contributed by atoms with Crippen LogP contribution in [0.4, 0.5) is 0 Å². The summed E-state index contributed by atoms with van der Waals surface area (Å²) in [6, 6.07) is 13.5. The lowest BCUT2D eigenvalue weighted by atomic mass is 10.0. The molecule has 0 saturated heterocycles. The van der Waals surface area contributed by atoms with Crippen molar-refractivity contribution < 1.29 is 0 Å². The minimum Gasteiger partial charge on any atom is -0.141 e. The van der Waals surface area contributed by atoms with Crippen molar-refractivity contribution in [3.8, 4) is 11.8 Å². The summed E-state index contributed by atoms with van der Waals surface area (Å²) < 4.78 is 2.64. The van der Waals surface area contributed by atoms with Gasteiger partial charge in [-0.05, 0) is 61.9 Å². The van der Waals surface area contributed by atoms with Gasteiger partial charge in [0.2, 0.25) is 0 Å². The highest BCUT2D eigenvalue weighted by molar-refractivity contribution is 7.20. The summed E-state index contributed by atoms with van der Waals surface area (Å²) in [6.07, 6.45) is 5.90. The molecule has 2 aromatic heterocycles. The van der Waals surface area contributed by atoms with Gasteiger partial charge in [-0.15, -0.1) is 22.7 Å². The van der Waals surface area contributed by atoms with Crippen LogP contribution in [0.15, 0.2) is 72.4 Å². The maximum absolute atomic E-state index is 3.87. The molecule has 2 heterocycles. The molecule has 0 N–H and O–H groups in total. The fraction of sp³-hybridized carbons (Fsp3) is 0.120. The Morgan fingerprint density at radius 2 is 1.56 bits per heavy atom. The van der Waals surface area contributed by atoms with E-state index in [4.69, 9.17) is 0 Å². The molecule has 4 rings (SSSR count). The topological polar surface area (TPSA) is 0 Å². The van der Waals surface area contributed by atoms with E-state index in [2.05, 4.69) is 81.7 Å². The number of hydrogen-bond acceptors (Lipinski definition) is 2. The summed E-state index contributed by atoms with van der Waals surface area (Å²) in [4.78, 5) is 2.44. The summed E-state index contributed by atoms with van der Waals surface area (Å²) >= 11 is 3.61. The monoisotopic (exact) mass is 384 g/mol. The number of allylic oxidation sites excluding steroid dienone is 5. The van der Waals surface area contributed by atoms with Gasteiger partial charge in [-0.3, -0.25) is 0 Å². The van der Waals surface area contributed by atoms with Crippen LogP contribution in [0.25, 0.3) is 30.9 Å². The van der Waals surface area contributed by atoms with Crippen molar-refractivity contribution in [2.24, 2.45) is 0 Å². The lowest BCUT2D eigenvalue weighted by Crippen LogP contribution is -1.74. The smallest absolute Gasteiger partial charge is 0.0785 e. The molecular formula is C25H20S2. The van der Waals surface area contributed by atoms with Crippen LogP contribution in [0.3, 0.4) is 0 Å². The number of benzene rings is 2. The molecule has 0 spiro atoms.